The summed E-state index contributed by atoms with van der Waals surface area (Å²) in [6.07, 6.45) is -0.448. The van der Waals surface area contributed by atoms with Gasteiger partial charge in [-0.25, -0.2) is 4.79 Å². The highest BCUT2D eigenvalue weighted by molar-refractivity contribution is 5.85. The smallest absolute Gasteiger partial charge is 0.410 e. The molecule has 0 spiro atoms. The maximum atomic E-state index is 10.6. The molecule has 0 aromatic heterocycles. The van der Waals surface area contributed by atoms with Crippen molar-refractivity contribution in [3.8, 4) is 5.75 Å². The summed E-state index contributed by atoms with van der Waals surface area (Å²) in [4.78, 5) is 10.6. The van der Waals surface area contributed by atoms with Crippen LogP contribution in [-0.2, 0) is 0 Å². The molecule has 0 saturated heterocycles. The molecule has 0 fully saturated rings. The van der Waals surface area contributed by atoms with Gasteiger partial charge in [0.25, 0.3) is 0 Å². The van der Waals surface area contributed by atoms with Gasteiger partial charge in [-0.3, -0.25) is 0 Å². The summed E-state index contributed by atoms with van der Waals surface area (Å²) in [7, 11) is 1.52. The lowest BCUT2D eigenvalue weighted by Crippen LogP contribution is -2.21. The quantitative estimate of drug-likeness (QED) is 0.729. The number of ether oxygens (including phenoxy) is 1. The van der Waals surface area contributed by atoms with E-state index in [0.717, 1.165) is 0 Å². The molecule has 0 atom stereocenters. The van der Waals surface area contributed by atoms with Gasteiger partial charge in [0.2, 0.25) is 0 Å². The van der Waals surface area contributed by atoms with E-state index in [9.17, 15) is 4.79 Å². The van der Waals surface area contributed by atoms with Crippen LogP contribution in [0.15, 0.2) is 30.3 Å². The van der Waals surface area contributed by atoms with Crippen LogP contribution in [0.3, 0.4) is 0 Å². The predicted octanol–water partition coefficient (Wildman–Crippen LogP) is 1.83. The van der Waals surface area contributed by atoms with E-state index < -0.39 is 6.09 Å². The fraction of sp³-hybridized carbons (Fsp3) is 0.125. The third kappa shape index (κ3) is 3.25. The Morgan fingerprint density at radius 2 is 1.92 bits per heavy atom. The topological polar surface area (TPSA) is 38.3 Å². The largest absolute Gasteiger partial charge is 0.412 e. The molecule has 4 heteroatoms. The zero-order chi connectivity index (χ0) is 8.10. The average Bonchev–Trinajstić information content (AvgIpc) is 2.06. The molecule has 1 N–H and O–H groups in total. The lowest BCUT2D eigenvalue weighted by molar-refractivity contribution is 0.203. The maximum Gasteiger partial charge on any atom is 0.412 e. The summed E-state index contributed by atoms with van der Waals surface area (Å²) in [5.41, 5.74) is 0. The van der Waals surface area contributed by atoms with E-state index in [2.05, 4.69) is 5.32 Å². The Kier molecular flexibility index (Phi) is 4.88. The van der Waals surface area contributed by atoms with Crippen molar-refractivity contribution in [2.45, 2.75) is 0 Å². The van der Waals surface area contributed by atoms with E-state index in [1.54, 1.807) is 24.3 Å². The first-order chi connectivity index (χ1) is 5.33. The molecular weight excluding hydrogens is 178 g/mol. The number of carbonyl (C=O) groups excluding carboxylic acids is 1. The zero-order valence-corrected chi connectivity index (χ0v) is 7.43. The van der Waals surface area contributed by atoms with Gasteiger partial charge in [0.15, 0.2) is 0 Å². The van der Waals surface area contributed by atoms with Gasteiger partial charge >= 0.3 is 6.09 Å². The molecule has 1 rings (SSSR count). The van der Waals surface area contributed by atoms with Crippen molar-refractivity contribution in [1.29, 1.82) is 0 Å². The van der Waals surface area contributed by atoms with E-state index in [0.29, 0.717) is 5.75 Å². The van der Waals surface area contributed by atoms with Gasteiger partial charge in [-0.05, 0) is 12.1 Å². The van der Waals surface area contributed by atoms with E-state index >= 15 is 0 Å². The van der Waals surface area contributed by atoms with Crippen molar-refractivity contribution in [2.24, 2.45) is 0 Å². The number of hydrogen-bond donors (Lipinski definition) is 1. The van der Waals surface area contributed by atoms with E-state index in [1.807, 2.05) is 6.07 Å². The minimum Gasteiger partial charge on any atom is -0.410 e. The lowest BCUT2D eigenvalue weighted by atomic mass is 10.3. The molecule has 0 radical (unpaired) electrons. The summed E-state index contributed by atoms with van der Waals surface area (Å²) in [5.74, 6) is 0.548. The zero-order valence-electron chi connectivity index (χ0n) is 6.61. The Balaban J connectivity index is 0.00000121. The standard InChI is InChI=1S/C8H9NO2.ClH/c1-9-8(10)11-7-5-3-2-4-6-7;/h2-6H,1H3,(H,9,10);1H. The first-order valence-corrected chi connectivity index (χ1v) is 3.27. The van der Waals surface area contributed by atoms with E-state index in [-0.39, 0.29) is 12.4 Å². The molecule has 0 bridgehead atoms. The molecule has 1 aromatic rings. The first-order valence-electron chi connectivity index (χ1n) is 3.27. The summed E-state index contributed by atoms with van der Waals surface area (Å²) >= 11 is 0. The number of halogens is 1. The first kappa shape index (κ1) is 10.8. The van der Waals surface area contributed by atoms with Crippen LogP contribution >= 0.6 is 12.4 Å². The van der Waals surface area contributed by atoms with Gasteiger partial charge in [-0.2, -0.15) is 0 Å². The highest BCUT2D eigenvalue weighted by Crippen LogP contribution is 2.07. The predicted molar refractivity (Wildman–Crippen MR) is 48.8 cm³/mol. The van der Waals surface area contributed by atoms with Gasteiger partial charge in [0.1, 0.15) is 5.75 Å². The number of para-hydroxylation sites is 1. The van der Waals surface area contributed by atoms with Crippen molar-refractivity contribution >= 4 is 18.5 Å². The number of benzene rings is 1. The SMILES string of the molecule is CNC(=O)Oc1ccccc1.Cl. The Hall–Kier alpha value is -1.22. The molecule has 0 heterocycles. The second kappa shape index (κ2) is 5.43. The molecule has 0 aliphatic rings. The number of rotatable bonds is 1. The third-order valence-corrected chi connectivity index (χ3v) is 1.16. The summed E-state index contributed by atoms with van der Waals surface area (Å²) < 4.78 is 4.81. The van der Waals surface area contributed by atoms with Crippen LogP contribution in [0.1, 0.15) is 0 Å². The van der Waals surface area contributed by atoms with E-state index in [1.165, 1.54) is 7.05 Å². The molecule has 0 aliphatic heterocycles. The van der Waals surface area contributed by atoms with Gasteiger partial charge in [0.05, 0.1) is 0 Å². The number of hydrogen-bond acceptors (Lipinski definition) is 2. The molecule has 0 aliphatic carbocycles. The molecule has 1 aromatic carbocycles. The second-order valence-electron chi connectivity index (χ2n) is 1.95. The van der Waals surface area contributed by atoms with Crippen LogP contribution in [0.4, 0.5) is 4.79 Å². The van der Waals surface area contributed by atoms with Crippen LogP contribution in [0.5, 0.6) is 5.75 Å². The summed E-state index contributed by atoms with van der Waals surface area (Å²) in [6.45, 7) is 0. The minimum absolute atomic E-state index is 0. The van der Waals surface area contributed by atoms with Crippen molar-refractivity contribution in [3.05, 3.63) is 30.3 Å². The van der Waals surface area contributed by atoms with Crippen LogP contribution in [0.2, 0.25) is 0 Å². The van der Waals surface area contributed by atoms with Crippen LogP contribution in [0.25, 0.3) is 0 Å². The van der Waals surface area contributed by atoms with Crippen LogP contribution < -0.4 is 10.1 Å². The Labute approximate surface area is 77.1 Å². The van der Waals surface area contributed by atoms with Crippen LogP contribution in [0, 0.1) is 0 Å². The molecule has 66 valence electrons. The van der Waals surface area contributed by atoms with Crippen molar-refractivity contribution in [1.82, 2.24) is 5.32 Å². The highest BCUT2D eigenvalue weighted by Gasteiger charge is 1.97. The third-order valence-electron chi connectivity index (χ3n) is 1.16. The Morgan fingerprint density at radius 1 is 1.33 bits per heavy atom. The second-order valence-corrected chi connectivity index (χ2v) is 1.95. The van der Waals surface area contributed by atoms with Crippen molar-refractivity contribution in [2.75, 3.05) is 7.05 Å². The van der Waals surface area contributed by atoms with Crippen molar-refractivity contribution < 1.29 is 9.53 Å². The minimum atomic E-state index is -0.448. The average molecular weight is 188 g/mol. The lowest BCUT2D eigenvalue weighted by Gasteiger charge is -2.00. The van der Waals surface area contributed by atoms with Crippen LogP contribution in [-0.4, -0.2) is 13.1 Å². The van der Waals surface area contributed by atoms with Crippen molar-refractivity contribution in [3.63, 3.8) is 0 Å². The summed E-state index contributed by atoms with van der Waals surface area (Å²) in [6, 6.07) is 8.90. The highest BCUT2D eigenvalue weighted by atomic mass is 35.5. The number of nitrogens with one attached hydrogen (secondary N) is 1. The van der Waals surface area contributed by atoms with Gasteiger partial charge in [-0.15, -0.1) is 12.4 Å². The van der Waals surface area contributed by atoms with Gasteiger partial charge < -0.3 is 10.1 Å². The molecule has 12 heavy (non-hydrogen) atoms. The monoisotopic (exact) mass is 187 g/mol. The number of carbonyl (C=O) groups is 1. The molecular formula is C8H10ClNO2. The van der Waals surface area contributed by atoms with E-state index in [4.69, 9.17) is 4.74 Å². The van der Waals surface area contributed by atoms with Gasteiger partial charge in [0, 0.05) is 7.05 Å². The Bertz CT molecular complexity index is 238. The fourth-order valence-corrected chi connectivity index (χ4v) is 0.647. The molecule has 1 amide bonds. The maximum absolute atomic E-state index is 10.6. The molecule has 3 nitrogen and oxygen atoms in total. The summed E-state index contributed by atoms with van der Waals surface area (Å²) in [5, 5.41) is 2.35. The number of amides is 1. The van der Waals surface area contributed by atoms with Gasteiger partial charge in [-0.1, -0.05) is 18.2 Å². The Morgan fingerprint density at radius 3 is 2.42 bits per heavy atom. The fourth-order valence-electron chi connectivity index (χ4n) is 0.647. The molecule has 0 saturated carbocycles. The normalized spacial score (nSPS) is 8.08. The molecule has 0 unspecified atom stereocenters.